The molecule has 1 amide bonds. The van der Waals surface area contributed by atoms with Gasteiger partial charge in [0.1, 0.15) is 0 Å². The van der Waals surface area contributed by atoms with Crippen LogP contribution in [-0.2, 0) is 11.3 Å². The van der Waals surface area contributed by atoms with Crippen LogP contribution in [0, 0.1) is 0 Å². The van der Waals surface area contributed by atoms with Gasteiger partial charge in [0.25, 0.3) is 5.91 Å². The maximum Gasteiger partial charge on any atom is 0.253 e. The predicted molar refractivity (Wildman–Crippen MR) is 70.6 cm³/mol. The second-order valence-electron chi connectivity index (χ2n) is 4.79. The highest BCUT2D eigenvalue weighted by molar-refractivity contribution is 5.94. The normalized spacial score (nSPS) is 16.6. The Kier molecular flexibility index (Phi) is 4.33. The van der Waals surface area contributed by atoms with E-state index in [2.05, 4.69) is 11.0 Å². The van der Waals surface area contributed by atoms with Crippen molar-refractivity contribution in [1.29, 1.82) is 0 Å². The van der Waals surface area contributed by atoms with E-state index >= 15 is 0 Å². The molecule has 0 aromatic heterocycles. The van der Waals surface area contributed by atoms with Crippen LogP contribution in [0.4, 0.5) is 0 Å². The molecule has 1 aliphatic heterocycles. The molecule has 18 heavy (non-hydrogen) atoms. The van der Waals surface area contributed by atoms with Crippen LogP contribution in [-0.4, -0.2) is 56.1 Å². The van der Waals surface area contributed by atoms with Crippen LogP contribution < -0.4 is 0 Å². The fraction of sp³-hybridized carbons (Fsp3) is 0.500. The highest BCUT2D eigenvalue weighted by atomic mass is 16.5. The van der Waals surface area contributed by atoms with E-state index in [9.17, 15) is 4.79 Å². The van der Waals surface area contributed by atoms with Crippen molar-refractivity contribution in [3.63, 3.8) is 0 Å². The molecule has 2 rings (SSSR count). The fourth-order valence-electron chi connectivity index (χ4n) is 2.08. The van der Waals surface area contributed by atoms with Crippen molar-refractivity contribution in [3.8, 4) is 0 Å². The molecule has 0 unspecified atom stereocenters. The largest absolute Gasteiger partial charge is 0.379 e. The lowest BCUT2D eigenvalue weighted by Crippen LogP contribution is -2.35. The number of nitrogens with zero attached hydrogens (tertiary/aromatic N) is 2. The summed E-state index contributed by atoms with van der Waals surface area (Å²) in [5.74, 6) is 0.0545. The molecule has 1 fully saturated rings. The van der Waals surface area contributed by atoms with Gasteiger partial charge in [0.15, 0.2) is 0 Å². The fourth-order valence-corrected chi connectivity index (χ4v) is 2.08. The Morgan fingerprint density at radius 2 is 2.06 bits per heavy atom. The quantitative estimate of drug-likeness (QED) is 0.806. The van der Waals surface area contributed by atoms with Crippen LogP contribution in [0.25, 0.3) is 0 Å². The van der Waals surface area contributed by atoms with Gasteiger partial charge < -0.3 is 9.64 Å². The summed E-state index contributed by atoms with van der Waals surface area (Å²) >= 11 is 0. The van der Waals surface area contributed by atoms with Gasteiger partial charge in [-0.1, -0.05) is 12.1 Å². The van der Waals surface area contributed by atoms with E-state index in [1.807, 2.05) is 18.2 Å². The van der Waals surface area contributed by atoms with E-state index in [-0.39, 0.29) is 5.91 Å². The van der Waals surface area contributed by atoms with Gasteiger partial charge in [-0.2, -0.15) is 0 Å². The summed E-state index contributed by atoms with van der Waals surface area (Å²) in [6.07, 6.45) is 0. The third kappa shape index (κ3) is 3.31. The Labute approximate surface area is 108 Å². The van der Waals surface area contributed by atoms with Gasteiger partial charge in [0.05, 0.1) is 13.2 Å². The van der Waals surface area contributed by atoms with E-state index in [1.165, 1.54) is 5.56 Å². The number of carbonyl (C=O) groups excluding carboxylic acids is 1. The van der Waals surface area contributed by atoms with Crippen molar-refractivity contribution in [2.75, 3.05) is 40.4 Å². The molecule has 1 aromatic carbocycles. The van der Waals surface area contributed by atoms with Crippen molar-refractivity contribution < 1.29 is 9.53 Å². The molecule has 0 radical (unpaired) electrons. The highest BCUT2D eigenvalue weighted by Crippen LogP contribution is 2.11. The topological polar surface area (TPSA) is 32.8 Å². The third-order valence-corrected chi connectivity index (χ3v) is 3.09. The van der Waals surface area contributed by atoms with Gasteiger partial charge in [0.2, 0.25) is 0 Å². The first-order valence-electron chi connectivity index (χ1n) is 6.27. The molecule has 4 nitrogen and oxygen atoms in total. The maximum atomic E-state index is 11.9. The molecule has 0 bridgehead atoms. The second-order valence-corrected chi connectivity index (χ2v) is 4.79. The predicted octanol–water partition coefficient (Wildman–Crippen LogP) is 1.22. The molecule has 1 aromatic rings. The Morgan fingerprint density at radius 3 is 2.72 bits per heavy atom. The lowest BCUT2D eigenvalue weighted by molar-refractivity contribution is 0.0341. The Hall–Kier alpha value is -1.39. The van der Waals surface area contributed by atoms with E-state index in [1.54, 1.807) is 19.0 Å². The molecule has 0 aliphatic carbocycles. The number of benzene rings is 1. The van der Waals surface area contributed by atoms with Crippen LogP contribution in [0.1, 0.15) is 15.9 Å². The summed E-state index contributed by atoms with van der Waals surface area (Å²) < 4.78 is 5.33. The first-order chi connectivity index (χ1) is 8.66. The zero-order valence-electron chi connectivity index (χ0n) is 11.1. The van der Waals surface area contributed by atoms with Crippen molar-refractivity contribution >= 4 is 5.91 Å². The van der Waals surface area contributed by atoms with Gasteiger partial charge in [-0.05, 0) is 17.7 Å². The number of hydrogen-bond donors (Lipinski definition) is 0. The lowest BCUT2D eigenvalue weighted by atomic mass is 10.1. The maximum absolute atomic E-state index is 11.9. The summed E-state index contributed by atoms with van der Waals surface area (Å²) in [5.41, 5.74) is 1.94. The van der Waals surface area contributed by atoms with Crippen LogP contribution in [0.3, 0.4) is 0 Å². The number of ether oxygens (including phenoxy) is 1. The van der Waals surface area contributed by atoms with Crippen molar-refractivity contribution in [2.24, 2.45) is 0 Å². The van der Waals surface area contributed by atoms with Crippen LogP contribution in [0.15, 0.2) is 24.3 Å². The first-order valence-corrected chi connectivity index (χ1v) is 6.27. The van der Waals surface area contributed by atoms with E-state index < -0.39 is 0 Å². The van der Waals surface area contributed by atoms with Crippen LogP contribution in [0.5, 0.6) is 0 Å². The molecule has 0 spiro atoms. The molecule has 0 saturated carbocycles. The van der Waals surface area contributed by atoms with Gasteiger partial charge in [-0.25, -0.2) is 0 Å². The molecule has 1 heterocycles. The average Bonchev–Trinajstić information content (AvgIpc) is 2.39. The minimum Gasteiger partial charge on any atom is -0.379 e. The standard InChI is InChI=1S/C14H20N2O2/c1-15(2)14(17)13-5-3-4-12(10-13)11-16-6-8-18-9-7-16/h3-5,10H,6-9,11H2,1-2H3. The molecule has 0 atom stereocenters. The first kappa shape index (κ1) is 13.1. The number of hydrogen-bond acceptors (Lipinski definition) is 3. The smallest absolute Gasteiger partial charge is 0.253 e. The molecule has 98 valence electrons. The second kappa shape index (κ2) is 5.98. The number of morpholine rings is 1. The van der Waals surface area contributed by atoms with Gasteiger partial charge in [-0.3, -0.25) is 9.69 Å². The van der Waals surface area contributed by atoms with E-state index in [4.69, 9.17) is 4.74 Å². The van der Waals surface area contributed by atoms with E-state index in [0.29, 0.717) is 0 Å². The third-order valence-electron chi connectivity index (χ3n) is 3.09. The molecular weight excluding hydrogens is 228 g/mol. The summed E-state index contributed by atoms with van der Waals surface area (Å²) in [6.45, 7) is 4.42. The molecular formula is C14H20N2O2. The number of rotatable bonds is 3. The Bertz CT molecular complexity index is 412. The van der Waals surface area contributed by atoms with Crippen LogP contribution in [0.2, 0.25) is 0 Å². The lowest BCUT2D eigenvalue weighted by Gasteiger charge is -2.26. The van der Waals surface area contributed by atoms with Crippen molar-refractivity contribution in [3.05, 3.63) is 35.4 Å². The number of amides is 1. The average molecular weight is 248 g/mol. The minimum atomic E-state index is 0.0545. The van der Waals surface area contributed by atoms with Gasteiger partial charge >= 0.3 is 0 Å². The minimum absolute atomic E-state index is 0.0545. The van der Waals surface area contributed by atoms with Crippen molar-refractivity contribution in [2.45, 2.75) is 6.54 Å². The zero-order chi connectivity index (χ0) is 13.0. The summed E-state index contributed by atoms with van der Waals surface area (Å²) in [5, 5.41) is 0. The summed E-state index contributed by atoms with van der Waals surface area (Å²) in [7, 11) is 3.55. The molecule has 1 aliphatic rings. The molecule has 1 saturated heterocycles. The zero-order valence-corrected chi connectivity index (χ0v) is 11.1. The molecule has 4 heteroatoms. The summed E-state index contributed by atoms with van der Waals surface area (Å²) in [6, 6.07) is 7.87. The Morgan fingerprint density at radius 1 is 1.33 bits per heavy atom. The summed E-state index contributed by atoms with van der Waals surface area (Å²) in [4.78, 5) is 15.8. The van der Waals surface area contributed by atoms with E-state index in [0.717, 1.165) is 38.4 Å². The monoisotopic (exact) mass is 248 g/mol. The molecule has 0 N–H and O–H groups in total. The Balaban J connectivity index is 2.04. The van der Waals surface area contributed by atoms with Crippen LogP contribution >= 0.6 is 0 Å². The van der Waals surface area contributed by atoms with Gasteiger partial charge in [-0.15, -0.1) is 0 Å². The van der Waals surface area contributed by atoms with Gasteiger partial charge in [0, 0.05) is 39.3 Å². The number of carbonyl (C=O) groups is 1. The SMILES string of the molecule is CN(C)C(=O)c1cccc(CN2CCOCC2)c1. The van der Waals surface area contributed by atoms with Crippen molar-refractivity contribution in [1.82, 2.24) is 9.80 Å². The highest BCUT2D eigenvalue weighted by Gasteiger charge is 2.12.